The molecule has 10 heteroatoms. The highest BCUT2D eigenvalue weighted by molar-refractivity contribution is 6.03. The van der Waals surface area contributed by atoms with Crippen molar-refractivity contribution in [2.75, 3.05) is 10.6 Å². The molecule has 4 aromatic heterocycles. The van der Waals surface area contributed by atoms with Gasteiger partial charge in [0, 0.05) is 35.9 Å². The molecule has 152 valence electrons. The van der Waals surface area contributed by atoms with E-state index in [-0.39, 0.29) is 11.6 Å². The van der Waals surface area contributed by atoms with Gasteiger partial charge in [0.2, 0.25) is 5.76 Å². The van der Waals surface area contributed by atoms with Crippen molar-refractivity contribution >= 4 is 23.1 Å². The lowest BCUT2D eigenvalue weighted by Gasteiger charge is -2.08. The fraction of sp³-hybridized carbons (Fsp3) is 0. The predicted molar refractivity (Wildman–Crippen MR) is 111 cm³/mol. The minimum absolute atomic E-state index is 0.154. The lowest BCUT2D eigenvalue weighted by molar-refractivity contribution is 0.101. The van der Waals surface area contributed by atoms with Crippen molar-refractivity contribution in [2.45, 2.75) is 0 Å². The van der Waals surface area contributed by atoms with Crippen LogP contribution >= 0.6 is 0 Å². The molecule has 4 heterocycles. The van der Waals surface area contributed by atoms with E-state index in [2.05, 4.69) is 30.7 Å². The summed E-state index contributed by atoms with van der Waals surface area (Å²) in [6.07, 6.45) is 8.14. The van der Waals surface area contributed by atoms with Gasteiger partial charge in [0.05, 0.1) is 6.26 Å². The summed E-state index contributed by atoms with van der Waals surface area (Å²) in [7, 11) is 0. The molecule has 0 atom stereocenters. The topological polar surface area (TPSA) is 124 Å². The normalized spacial score (nSPS) is 10.7. The van der Waals surface area contributed by atoms with Gasteiger partial charge in [-0.1, -0.05) is 5.16 Å². The molecule has 0 bridgehead atoms. The van der Waals surface area contributed by atoms with E-state index in [1.54, 1.807) is 53.6 Å². The van der Waals surface area contributed by atoms with E-state index in [1.165, 1.54) is 18.7 Å². The lowest BCUT2D eigenvalue weighted by Crippen LogP contribution is -2.12. The van der Waals surface area contributed by atoms with Gasteiger partial charge in [-0.3, -0.25) is 9.36 Å². The second-order valence-corrected chi connectivity index (χ2v) is 6.44. The summed E-state index contributed by atoms with van der Waals surface area (Å²) < 4.78 is 12.2. The Morgan fingerprint density at radius 2 is 1.87 bits per heavy atom. The Bertz CT molecular complexity index is 1290. The third kappa shape index (κ3) is 4.03. The zero-order chi connectivity index (χ0) is 21.0. The number of benzene rings is 1. The number of rotatable bonds is 6. The van der Waals surface area contributed by atoms with Crippen LogP contribution in [0.3, 0.4) is 0 Å². The highest BCUT2D eigenvalue weighted by atomic mass is 16.5. The van der Waals surface area contributed by atoms with Crippen LogP contribution in [0.2, 0.25) is 0 Å². The van der Waals surface area contributed by atoms with Gasteiger partial charge in [0.1, 0.15) is 24.3 Å². The summed E-state index contributed by atoms with van der Waals surface area (Å²) in [5.74, 6) is 1.82. The number of hydrogen-bond acceptors (Lipinski definition) is 8. The first kappa shape index (κ1) is 18.3. The van der Waals surface area contributed by atoms with E-state index in [0.717, 1.165) is 5.69 Å². The van der Waals surface area contributed by atoms with Gasteiger partial charge < -0.3 is 19.6 Å². The number of imidazole rings is 1. The Labute approximate surface area is 175 Å². The molecule has 0 unspecified atom stereocenters. The fourth-order valence-electron chi connectivity index (χ4n) is 2.85. The summed E-state index contributed by atoms with van der Waals surface area (Å²) in [6, 6.07) is 14.0. The van der Waals surface area contributed by atoms with Gasteiger partial charge in [-0.15, -0.1) is 0 Å². The van der Waals surface area contributed by atoms with Crippen molar-refractivity contribution in [2.24, 2.45) is 0 Å². The van der Waals surface area contributed by atoms with E-state index in [1.807, 2.05) is 12.1 Å². The highest BCUT2D eigenvalue weighted by Crippen LogP contribution is 2.22. The average molecular weight is 413 g/mol. The van der Waals surface area contributed by atoms with Crippen LogP contribution in [0.1, 0.15) is 10.5 Å². The number of carbonyl (C=O) groups is 1. The summed E-state index contributed by atoms with van der Waals surface area (Å²) in [5.41, 5.74) is 1.57. The van der Waals surface area contributed by atoms with Crippen LogP contribution in [0.4, 0.5) is 17.2 Å². The molecule has 0 aliphatic rings. The van der Waals surface area contributed by atoms with Crippen LogP contribution < -0.4 is 10.6 Å². The molecule has 2 N–H and O–H groups in total. The van der Waals surface area contributed by atoms with Crippen LogP contribution in [0.5, 0.6) is 0 Å². The van der Waals surface area contributed by atoms with E-state index in [4.69, 9.17) is 8.94 Å². The Hall–Kier alpha value is -4.73. The van der Waals surface area contributed by atoms with Gasteiger partial charge in [0.15, 0.2) is 11.5 Å². The van der Waals surface area contributed by atoms with Crippen molar-refractivity contribution in [3.8, 4) is 17.3 Å². The molecule has 5 aromatic rings. The second kappa shape index (κ2) is 7.95. The summed E-state index contributed by atoms with van der Waals surface area (Å²) in [4.78, 5) is 24.9. The monoisotopic (exact) mass is 413 g/mol. The number of nitrogens with one attached hydrogen (secondary N) is 2. The zero-order valence-corrected chi connectivity index (χ0v) is 16.0. The molecule has 5 rings (SSSR count). The molecule has 1 aromatic carbocycles. The number of aromatic nitrogens is 5. The van der Waals surface area contributed by atoms with Crippen molar-refractivity contribution < 1.29 is 13.7 Å². The zero-order valence-electron chi connectivity index (χ0n) is 16.0. The Balaban J connectivity index is 1.24. The number of furan rings is 1. The summed E-state index contributed by atoms with van der Waals surface area (Å²) in [5, 5.41) is 9.77. The highest BCUT2D eigenvalue weighted by Gasteiger charge is 2.15. The fourth-order valence-corrected chi connectivity index (χ4v) is 2.85. The number of hydrogen-bond donors (Lipinski definition) is 2. The summed E-state index contributed by atoms with van der Waals surface area (Å²) >= 11 is 0. The van der Waals surface area contributed by atoms with Crippen LogP contribution in [-0.4, -0.2) is 30.6 Å². The Morgan fingerprint density at radius 1 is 1.00 bits per heavy atom. The van der Waals surface area contributed by atoms with Gasteiger partial charge in [-0.25, -0.2) is 15.0 Å². The van der Waals surface area contributed by atoms with Crippen molar-refractivity contribution in [3.05, 3.63) is 85.5 Å². The first-order valence-electron chi connectivity index (χ1n) is 9.24. The molecular formula is C21H15N7O3. The van der Waals surface area contributed by atoms with Crippen molar-refractivity contribution in [3.63, 3.8) is 0 Å². The molecule has 31 heavy (non-hydrogen) atoms. The van der Waals surface area contributed by atoms with Crippen molar-refractivity contribution in [1.29, 1.82) is 0 Å². The standard InChI is InChI=1S/C21H15N7O3/c29-21(16-10-18(31-27-16)17-2-1-9-30-17)26-15-5-3-14(4-6-15)25-19-11-20(24-12-23-19)28-8-7-22-13-28/h1-13H,(H,26,29)(H,23,24,25). The van der Waals surface area contributed by atoms with E-state index >= 15 is 0 Å². The quantitative estimate of drug-likeness (QED) is 0.429. The smallest absolute Gasteiger partial charge is 0.277 e. The van der Waals surface area contributed by atoms with Crippen LogP contribution in [0, 0.1) is 0 Å². The van der Waals surface area contributed by atoms with Crippen LogP contribution in [0.25, 0.3) is 17.3 Å². The first-order chi connectivity index (χ1) is 15.2. The van der Waals surface area contributed by atoms with Crippen LogP contribution in [-0.2, 0) is 0 Å². The molecule has 0 spiro atoms. The summed E-state index contributed by atoms with van der Waals surface area (Å²) in [6.45, 7) is 0. The molecule has 0 fully saturated rings. The predicted octanol–water partition coefficient (Wildman–Crippen LogP) is 3.91. The van der Waals surface area contributed by atoms with Crippen molar-refractivity contribution in [1.82, 2.24) is 24.7 Å². The Kier molecular flexibility index (Phi) is 4.70. The first-order valence-corrected chi connectivity index (χ1v) is 9.24. The van der Waals surface area contributed by atoms with E-state index in [0.29, 0.717) is 28.8 Å². The third-order valence-electron chi connectivity index (χ3n) is 4.34. The number of anilines is 3. The number of nitrogens with zero attached hydrogens (tertiary/aromatic N) is 5. The van der Waals surface area contributed by atoms with Gasteiger partial charge in [-0.05, 0) is 36.4 Å². The number of amides is 1. The largest absolute Gasteiger partial charge is 0.461 e. The number of carbonyl (C=O) groups excluding carboxylic acids is 1. The molecule has 10 nitrogen and oxygen atoms in total. The average Bonchev–Trinajstić information content (AvgIpc) is 3.57. The molecule has 0 saturated carbocycles. The molecule has 0 aliphatic heterocycles. The SMILES string of the molecule is O=C(Nc1ccc(Nc2cc(-n3ccnc3)ncn2)cc1)c1cc(-c2ccco2)on1. The Morgan fingerprint density at radius 3 is 2.65 bits per heavy atom. The lowest BCUT2D eigenvalue weighted by atomic mass is 10.2. The maximum Gasteiger partial charge on any atom is 0.277 e. The van der Waals surface area contributed by atoms with Gasteiger partial charge in [-0.2, -0.15) is 0 Å². The third-order valence-corrected chi connectivity index (χ3v) is 4.34. The van der Waals surface area contributed by atoms with E-state index < -0.39 is 0 Å². The van der Waals surface area contributed by atoms with Gasteiger partial charge in [0.25, 0.3) is 5.91 Å². The molecular weight excluding hydrogens is 398 g/mol. The second-order valence-electron chi connectivity index (χ2n) is 6.44. The molecule has 0 saturated heterocycles. The van der Waals surface area contributed by atoms with Gasteiger partial charge >= 0.3 is 0 Å². The molecule has 0 radical (unpaired) electrons. The molecule has 1 amide bonds. The van der Waals surface area contributed by atoms with Crippen LogP contribution in [0.15, 0.2) is 88.8 Å². The minimum atomic E-state index is -0.386. The minimum Gasteiger partial charge on any atom is -0.461 e. The maximum atomic E-state index is 12.4. The van der Waals surface area contributed by atoms with E-state index in [9.17, 15) is 4.79 Å². The maximum absolute atomic E-state index is 12.4. The molecule has 0 aliphatic carbocycles.